The molecule has 1 fully saturated rings. The van der Waals surface area contributed by atoms with Gasteiger partial charge >= 0.3 is 5.97 Å². The Kier molecular flexibility index (Phi) is 6.22. The summed E-state index contributed by atoms with van der Waals surface area (Å²) >= 11 is 0. The molecule has 0 amide bonds. The van der Waals surface area contributed by atoms with Crippen LogP contribution in [-0.4, -0.2) is 46.8 Å². The van der Waals surface area contributed by atoms with E-state index >= 15 is 0 Å². The zero-order chi connectivity index (χ0) is 12.7. The number of carboxylic acid groups (broad SMARTS) is 1. The van der Waals surface area contributed by atoms with Crippen molar-refractivity contribution in [2.24, 2.45) is 0 Å². The Labute approximate surface area is 103 Å². The highest BCUT2D eigenvalue weighted by molar-refractivity contribution is 5.85. The minimum Gasteiger partial charge on any atom is -0.478 e. The lowest BCUT2D eigenvalue weighted by Gasteiger charge is -2.33. The predicted octanol–water partition coefficient (Wildman–Crippen LogP) is 1.64. The number of nitrogens with zero attached hydrogens (tertiary/aromatic N) is 1. The Hall–Kier alpha value is -0.870. The molecule has 0 radical (unpaired) electrons. The Morgan fingerprint density at radius 1 is 1.35 bits per heavy atom. The first kappa shape index (κ1) is 14.2. The number of hydrogen-bond acceptors (Lipinski definition) is 3. The summed E-state index contributed by atoms with van der Waals surface area (Å²) in [6.45, 7) is 3.01. The van der Waals surface area contributed by atoms with Crippen LogP contribution in [-0.2, 0) is 4.79 Å². The number of carboxylic acids is 1. The predicted molar refractivity (Wildman–Crippen MR) is 66.9 cm³/mol. The van der Waals surface area contributed by atoms with E-state index in [0.29, 0.717) is 24.7 Å². The molecule has 98 valence electrons. The maximum atomic E-state index is 10.7. The van der Waals surface area contributed by atoms with Crippen LogP contribution in [0, 0.1) is 0 Å². The van der Waals surface area contributed by atoms with Crippen LogP contribution in [0.3, 0.4) is 0 Å². The molecular formula is C13H23NO3. The topological polar surface area (TPSA) is 60.8 Å². The van der Waals surface area contributed by atoms with Gasteiger partial charge < -0.3 is 10.2 Å². The molecule has 1 aliphatic carbocycles. The highest BCUT2D eigenvalue weighted by Gasteiger charge is 2.19. The quantitative estimate of drug-likeness (QED) is 0.694. The lowest BCUT2D eigenvalue weighted by atomic mass is 9.94. The normalized spacial score (nSPS) is 18.6. The molecule has 4 nitrogen and oxygen atoms in total. The van der Waals surface area contributed by atoms with Crippen molar-refractivity contribution in [3.8, 4) is 0 Å². The van der Waals surface area contributed by atoms with Gasteiger partial charge in [-0.2, -0.15) is 0 Å². The molecule has 1 rings (SSSR count). The number of aliphatic carboxylic acids is 1. The molecule has 1 aliphatic rings. The Morgan fingerprint density at radius 2 is 2.00 bits per heavy atom. The van der Waals surface area contributed by atoms with Crippen molar-refractivity contribution in [1.29, 1.82) is 0 Å². The molecule has 0 spiro atoms. The Morgan fingerprint density at radius 3 is 2.53 bits per heavy atom. The van der Waals surface area contributed by atoms with Gasteiger partial charge in [0.1, 0.15) is 0 Å². The summed E-state index contributed by atoms with van der Waals surface area (Å²) in [6, 6.07) is 0.508. The van der Waals surface area contributed by atoms with Crippen LogP contribution >= 0.6 is 0 Å². The fourth-order valence-corrected chi connectivity index (χ4v) is 2.34. The summed E-state index contributed by atoms with van der Waals surface area (Å²) in [7, 11) is 0. The van der Waals surface area contributed by atoms with Crippen molar-refractivity contribution in [2.75, 3.05) is 19.7 Å². The van der Waals surface area contributed by atoms with Gasteiger partial charge in [0.2, 0.25) is 0 Å². The van der Waals surface area contributed by atoms with Gasteiger partial charge in [-0.15, -0.1) is 0 Å². The first-order valence-electron chi connectivity index (χ1n) is 6.40. The highest BCUT2D eigenvalue weighted by Crippen LogP contribution is 2.22. The van der Waals surface area contributed by atoms with E-state index in [0.717, 1.165) is 0 Å². The third-order valence-corrected chi connectivity index (χ3v) is 3.45. The maximum absolute atomic E-state index is 10.7. The lowest BCUT2D eigenvalue weighted by Crippen LogP contribution is -2.39. The van der Waals surface area contributed by atoms with E-state index in [1.165, 1.54) is 32.1 Å². The van der Waals surface area contributed by atoms with Crippen molar-refractivity contribution < 1.29 is 15.0 Å². The molecule has 0 saturated heterocycles. The van der Waals surface area contributed by atoms with Crippen LogP contribution < -0.4 is 0 Å². The largest absolute Gasteiger partial charge is 0.478 e. The number of aliphatic hydroxyl groups is 1. The Balaban J connectivity index is 2.52. The van der Waals surface area contributed by atoms with E-state index in [1.807, 2.05) is 0 Å². The highest BCUT2D eigenvalue weighted by atomic mass is 16.4. The molecular weight excluding hydrogens is 218 g/mol. The number of carbonyl (C=O) groups is 1. The average Bonchev–Trinajstić information content (AvgIpc) is 2.35. The van der Waals surface area contributed by atoms with Crippen molar-refractivity contribution in [3.63, 3.8) is 0 Å². The van der Waals surface area contributed by atoms with E-state index in [1.54, 1.807) is 13.0 Å². The fraction of sp³-hybridized carbons (Fsp3) is 0.769. The standard InChI is InChI=1S/C13H23NO3/c1-11(13(16)17)7-8-14(9-10-15)12-5-3-2-4-6-12/h7,12,15H,2-6,8-10H2,1H3,(H,16,17). The molecule has 0 bridgehead atoms. The van der Waals surface area contributed by atoms with Crippen molar-refractivity contribution >= 4 is 5.97 Å². The van der Waals surface area contributed by atoms with E-state index in [-0.39, 0.29) is 6.61 Å². The summed E-state index contributed by atoms with van der Waals surface area (Å²) in [5, 5.41) is 17.9. The molecule has 4 heteroatoms. The van der Waals surface area contributed by atoms with Gasteiger partial charge in [0.05, 0.1) is 6.61 Å². The molecule has 0 atom stereocenters. The van der Waals surface area contributed by atoms with Gasteiger partial charge in [-0.05, 0) is 19.8 Å². The zero-order valence-electron chi connectivity index (χ0n) is 10.6. The first-order valence-corrected chi connectivity index (χ1v) is 6.40. The van der Waals surface area contributed by atoms with E-state index in [9.17, 15) is 4.79 Å². The van der Waals surface area contributed by atoms with Gasteiger partial charge in [0.15, 0.2) is 0 Å². The molecule has 17 heavy (non-hydrogen) atoms. The average molecular weight is 241 g/mol. The summed E-state index contributed by atoms with van der Waals surface area (Å²) in [5.41, 5.74) is 0.378. The maximum Gasteiger partial charge on any atom is 0.330 e. The van der Waals surface area contributed by atoms with Gasteiger partial charge in [0, 0.05) is 24.7 Å². The van der Waals surface area contributed by atoms with Crippen LogP contribution in [0.15, 0.2) is 11.6 Å². The molecule has 0 aliphatic heterocycles. The van der Waals surface area contributed by atoms with Crippen LogP contribution in [0.5, 0.6) is 0 Å². The first-order chi connectivity index (χ1) is 8.15. The zero-order valence-corrected chi connectivity index (χ0v) is 10.6. The van der Waals surface area contributed by atoms with Crippen LogP contribution in [0.1, 0.15) is 39.0 Å². The van der Waals surface area contributed by atoms with Crippen molar-refractivity contribution in [3.05, 3.63) is 11.6 Å². The monoisotopic (exact) mass is 241 g/mol. The molecule has 0 aromatic rings. The van der Waals surface area contributed by atoms with E-state index in [2.05, 4.69) is 4.90 Å². The SMILES string of the molecule is CC(=CCN(CCO)C1CCCCC1)C(=O)O. The van der Waals surface area contributed by atoms with Crippen molar-refractivity contribution in [1.82, 2.24) is 4.90 Å². The van der Waals surface area contributed by atoms with Gasteiger partial charge in [-0.25, -0.2) is 4.79 Å². The van der Waals surface area contributed by atoms with E-state index in [4.69, 9.17) is 10.2 Å². The van der Waals surface area contributed by atoms with Crippen LogP contribution in [0.4, 0.5) is 0 Å². The second-order valence-corrected chi connectivity index (χ2v) is 4.70. The number of rotatable bonds is 6. The Bertz CT molecular complexity index is 270. The molecule has 0 aromatic heterocycles. The second-order valence-electron chi connectivity index (χ2n) is 4.70. The third-order valence-electron chi connectivity index (χ3n) is 3.45. The molecule has 0 aromatic carbocycles. The minimum absolute atomic E-state index is 0.135. The number of hydrogen-bond donors (Lipinski definition) is 2. The summed E-state index contributed by atoms with van der Waals surface area (Å²) < 4.78 is 0. The molecule has 0 heterocycles. The molecule has 2 N–H and O–H groups in total. The van der Waals surface area contributed by atoms with Gasteiger partial charge in [-0.3, -0.25) is 4.90 Å². The minimum atomic E-state index is -0.863. The summed E-state index contributed by atoms with van der Waals surface area (Å²) in [6.07, 6.45) is 7.86. The lowest BCUT2D eigenvalue weighted by molar-refractivity contribution is -0.132. The smallest absolute Gasteiger partial charge is 0.330 e. The molecule has 0 unspecified atom stereocenters. The molecule has 1 saturated carbocycles. The summed E-state index contributed by atoms with van der Waals surface area (Å²) in [4.78, 5) is 12.9. The fourth-order valence-electron chi connectivity index (χ4n) is 2.34. The van der Waals surface area contributed by atoms with Crippen LogP contribution in [0.2, 0.25) is 0 Å². The van der Waals surface area contributed by atoms with E-state index < -0.39 is 5.97 Å². The third kappa shape index (κ3) is 4.88. The van der Waals surface area contributed by atoms with Crippen LogP contribution in [0.25, 0.3) is 0 Å². The van der Waals surface area contributed by atoms with Gasteiger partial charge in [0.25, 0.3) is 0 Å². The summed E-state index contributed by atoms with van der Waals surface area (Å²) in [5.74, 6) is -0.863. The van der Waals surface area contributed by atoms with Gasteiger partial charge in [-0.1, -0.05) is 25.3 Å². The van der Waals surface area contributed by atoms with Crippen molar-refractivity contribution in [2.45, 2.75) is 45.1 Å². The second kappa shape index (κ2) is 7.45. The number of aliphatic hydroxyl groups excluding tert-OH is 1.